The Hall–Kier alpha value is -0.0400. The molecule has 1 nitrogen and oxygen atoms in total. The molecule has 0 spiro atoms. The summed E-state index contributed by atoms with van der Waals surface area (Å²) < 4.78 is 5.78. The molecule has 1 aliphatic heterocycles. The third-order valence-corrected chi connectivity index (χ3v) is 3.93. The van der Waals surface area contributed by atoms with Gasteiger partial charge in [0.15, 0.2) is 0 Å². The molecule has 2 aliphatic rings. The van der Waals surface area contributed by atoms with Crippen molar-refractivity contribution in [3.8, 4) is 0 Å². The van der Waals surface area contributed by atoms with E-state index in [1.54, 1.807) is 0 Å². The first-order chi connectivity index (χ1) is 7.47. The fourth-order valence-corrected chi connectivity index (χ4v) is 2.94. The Labute approximate surface area is 94.6 Å². The van der Waals surface area contributed by atoms with E-state index >= 15 is 0 Å². The van der Waals surface area contributed by atoms with Crippen LogP contribution in [0.1, 0.15) is 70.6 Å². The van der Waals surface area contributed by atoms with Crippen LogP contribution >= 0.6 is 0 Å². The maximum absolute atomic E-state index is 5.78. The monoisotopic (exact) mass is 209 g/mol. The van der Waals surface area contributed by atoms with Crippen LogP contribution in [0.3, 0.4) is 0 Å². The van der Waals surface area contributed by atoms with E-state index < -0.39 is 0 Å². The Morgan fingerprint density at radius 3 is 2.20 bits per heavy atom. The molecule has 1 atom stereocenters. The minimum Gasteiger partial charge on any atom is -0.372 e. The van der Waals surface area contributed by atoms with Crippen LogP contribution in [-0.4, -0.2) is 6.61 Å². The fourth-order valence-electron chi connectivity index (χ4n) is 2.94. The van der Waals surface area contributed by atoms with Crippen LogP contribution < -0.4 is 0 Å². The van der Waals surface area contributed by atoms with Gasteiger partial charge in [0, 0.05) is 6.61 Å². The van der Waals surface area contributed by atoms with E-state index in [0.717, 1.165) is 12.5 Å². The van der Waals surface area contributed by atoms with Gasteiger partial charge in [0.1, 0.15) is 6.10 Å². The summed E-state index contributed by atoms with van der Waals surface area (Å²) in [5.74, 6) is 0.824. The molecule has 15 heavy (non-hydrogen) atoms. The lowest BCUT2D eigenvalue weighted by molar-refractivity contribution is 0.171. The van der Waals surface area contributed by atoms with Gasteiger partial charge < -0.3 is 4.74 Å². The van der Waals surface area contributed by atoms with E-state index in [1.807, 2.05) is 0 Å². The zero-order valence-electron chi connectivity index (χ0n) is 9.97. The molecule has 0 bridgehead atoms. The standard InChI is InChI=1S/C14H25O/c1-2-4-6-8-10-14-13(11-12-15-14)9-7-5-3-1/h13H,1-12H2. The summed E-state index contributed by atoms with van der Waals surface area (Å²) in [6.07, 6.45) is 16.9. The lowest BCUT2D eigenvalue weighted by Crippen LogP contribution is -2.07. The summed E-state index contributed by atoms with van der Waals surface area (Å²) >= 11 is 0. The van der Waals surface area contributed by atoms with Crippen LogP contribution in [0.5, 0.6) is 0 Å². The maximum Gasteiger partial charge on any atom is 0.100 e. The number of rotatable bonds is 0. The van der Waals surface area contributed by atoms with Gasteiger partial charge in [0.25, 0.3) is 0 Å². The molecule has 0 aromatic rings. The average molecular weight is 209 g/mol. The number of fused-ring (bicyclic) bond motifs is 1. The third kappa shape index (κ3) is 3.79. The Kier molecular flexibility index (Phi) is 4.98. The van der Waals surface area contributed by atoms with Crippen molar-refractivity contribution in [2.24, 2.45) is 5.92 Å². The van der Waals surface area contributed by atoms with Crippen LogP contribution in [0, 0.1) is 12.0 Å². The summed E-state index contributed by atoms with van der Waals surface area (Å²) in [5, 5.41) is 0. The van der Waals surface area contributed by atoms with Gasteiger partial charge in [-0.15, -0.1) is 0 Å². The molecule has 0 aromatic carbocycles. The van der Waals surface area contributed by atoms with E-state index in [0.29, 0.717) is 0 Å². The summed E-state index contributed by atoms with van der Waals surface area (Å²) in [4.78, 5) is 0. The highest BCUT2D eigenvalue weighted by Crippen LogP contribution is 2.35. The first-order valence-corrected chi connectivity index (χ1v) is 6.95. The molecule has 1 saturated carbocycles. The van der Waals surface area contributed by atoms with Crippen molar-refractivity contribution in [1.29, 1.82) is 0 Å². The van der Waals surface area contributed by atoms with Gasteiger partial charge in [-0.25, -0.2) is 0 Å². The van der Waals surface area contributed by atoms with E-state index in [4.69, 9.17) is 4.74 Å². The minimum absolute atomic E-state index is 0.824. The molecule has 0 aromatic heterocycles. The van der Waals surface area contributed by atoms with Crippen LogP contribution in [0.15, 0.2) is 0 Å². The summed E-state index contributed by atoms with van der Waals surface area (Å²) in [6, 6.07) is 0. The molecule has 2 rings (SSSR count). The van der Waals surface area contributed by atoms with Crippen LogP contribution in [0.25, 0.3) is 0 Å². The Morgan fingerprint density at radius 2 is 1.40 bits per heavy atom. The Morgan fingerprint density at radius 1 is 0.733 bits per heavy atom. The van der Waals surface area contributed by atoms with Gasteiger partial charge in [-0.05, 0) is 25.2 Å². The SMILES string of the molecule is C1CCCCCC2CCO[C]2CCCC1. The molecule has 1 saturated heterocycles. The first kappa shape index (κ1) is 11.4. The van der Waals surface area contributed by atoms with Gasteiger partial charge in [0.2, 0.25) is 0 Å². The highest BCUT2D eigenvalue weighted by atomic mass is 16.5. The van der Waals surface area contributed by atoms with Gasteiger partial charge >= 0.3 is 0 Å². The molecule has 2 fully saturated rings. The summed E-state index contributed by atoms with van der Waals surface area (Å²) in [7, 11) is 0. The van der Waals surface area contributed by atoms with Crippen LogP contribution in [-0.2, 0) is 4.74 Å². The zero-order chi connectivity index (χ0) is 10.3. The second kappa shape index (κ2) is 6.52. The molecular weight excluding hydrogens is 184 g/mol. The van der Waals surface area contributed by atoms with Crippen molar-refractivity contribution in [3.05, 3.63) is 6.10 Å². The van der Waals surface area contributed by atoms with Crippen LogP contribution in [0.2, 0.25) is 0 Å². The molecule has 0 N–H and O–H groups in total. The topological polar surface area (TPSA) is 9.23 Å². The Bertz CT molecular complexity index is 149. The van der Waals surface area contributed by atoms with E-state index in [9.17, 15) is 0 Å². The molecule has 1 unspecified atom stereocenters. The van der Waals surface area contributed by atoms with Gasteiger partial charge in [-0.2, -0.15) is 0 Å². The fraction of sp³-hybridized carbons (Fsp3) is 0.929. The molecule has 1 aliphatic carbocycles. The first-order valence-electron chi connectivity index (χ1n) is 6.95. The number of ether oxygens (including phenoxy) is 1. The summed E-state index contributed by atoms with van der Waals surface area (Å²) in [5.41, 5.74) is 0. The normalized spacial score (nSPS) is 31.6. The zero-order valence-corrected chi connectivity index (χ0v) is 9.97. The highest BCUT2D eigenvalue weighted by Gasteiger charge is 2.28. The molecule has 0 amide bonds. The lowest BCUT2D eigenvalue weighted by atomic mass is 9.90. The molecule has 1 heterocycles. The number of hydrogen-bond acceptors (Lipinski definition) is 1. The van der Waals surface area contributed by atoms with Crippen molar-refractivity contribution >= 4 is 0 Å². The smallest absolute Gasteiger partial charge is 0.100 e. The second-order valence-corrected chi connectivity index (χ2v) is 5.17. The van der Waals surface area contributed by atoms with Gasteiger partial charge in [-0.3, -0.25) is 0 Å². The van der Waals surface area contributed by atoms with Crippen molar-refractivity contribution in [2.75, 3.05) is 6.61 Å². The van der Waals surface area contributed by atoms with Crippen LogP contribution in [0.4, 0.5) is 0 Å². The van der Waals surface area contributed by atoms with E-state index in [1.165, 1.54) is 76.7 Å². The molecular formula is C14H25O. The van der Waals surface area contributed by atoms with Crippen molar-refractivity contribution in [2.45, 2.75) is 70.6 Å². The minimum atomic E-state index is 0.824. The van der Waals surface area contributed by atoms with Crippen molar-refractivity contribution in [3.63, 3.8) is 0 Å². The highest BCUT2D eigenvalue weighted by molar-refractivity contribution is 4.91. The quantitative estimate of drug-likeness (QED) is 0.572. The largest absolute Gasteiger partial charge is 0.372 e. The van der Waals surface area contributed by atoms with Crippen molar-refractivity contribution < 1.29 is 4.74 Å². The molecule has 87 valence electrons. The van der Waals surface area contributed by atoms with E-state index in [2.05, 4.69) is 0 Å². The predicted octanol–water partition coefficient (Wildman–Crippen LogP) is 4.47. The van der Waals surface area contributed by atoms with Gasteiger partial charge in [-0.1, -0.05) is 51.4 Å². The Balaban J connectivity index is 1.77. The van der Waals surface area contributed by atoms with Gasteiger partial charge in [0.05, 0.1) is 0 Å². The summed E-state index contributed by atoms with van der Waals surface area (Å²) in [6.45, 7) is 1.00. The molecule has 1 radical (unpaired) electrons. The van der Waals surface area contributed by atoms with E-state index in [-0.39, 0.29) is 0 Å². The average Bonchev–Trinajstić information content (AvgIpc) is 2.65. The second-order valence-electron chi connectivity index (χ2n) is 5.17. The number of hydrogen-bond donors (Lipinski definition) is 0. The maximum atomic E-state index is 5.78. The lowest BCUT2D eigenvalue weighted by Gasteiger charge is -2.18. The van der Waals surface area contributed by atoms with Crippen molar-refractivity contribution in [1.82, 2.24) is 0 Å². The third-order valence-electron chi connectivity index (χ3n) is 3.93. The molecule has 1 heteroatoms. The predicted molar refractivity (Wildman–Crippen MR) is 63.5 cm³/mol.